The van der Waals surface area contributed by atoms with Crippen molar-refractivity contribution in [1.82, 2.24) is 15.0 Å². The Bertz CT molecular complexity index is 813. The average Bonchev–Trinajstić information content (AvgIpc) is 3.24. The van der Waals surface area contributed by atoms with Gasteiger partial charge in [0.1, 0.15) is 0 Å². The zero-order valence-electron chi connectivity index (χ0n) is 17.3. The van der Waals surface area contributed by atoms with E-state index in [1.54, 1.807) is 0 Å². The standard InChI is InChI=1S/C23H31N3O3/c1-17-5-2-3-7-20(17)15-22(27)26-12-4-6-18(16-26)8-9-21-24-23(29-25-21)19-10-13-28-14-11-19/h2-3,5,7,18-19H,4,6,8-16H2,1H3. The van der Waals surface area contributed by atoms with Crippen LogP contribution in [-0.2, 0) is 22.4 Å². The van der Waals surface area contributed by atoms with Crippen molar-refractivity contribution in [3.63, 3.8) is 0 Å². The van der Waals surface area contributed by atoms with Gasteiger partial charge in [0.15, 0.2) is 5.82 Å². The van der Waals surface area contributed by atoms with E-state index in [-0.39, 0.29) is 5.91 Å². The molecule has 29 heavy (non-hydrogen) atoms. The van der Waals surface area contributed by atoms with Crippen LogP contribution in [0.15, 0.2) is 28.8 Å². The number of ether oxygens (including phenoxy) is 1. The molecule has 0 radical (unpaired) electrons. The Morgan fingerprint density at radius 1 is 1.21 bits per heavy atom. The van der Waals surface area contributed by atoms with E-state index in [9.17, 15) is 4.79 Å². The zero-order chi connectivity index (χ0) is 20.1. The molecule has 3 heterocycles. The minimum Gasteiger partial charge on any atom is -0.381 e. The number of likely N-dealkylation sites (tertiary alicyclic amines) is 1. The van der Waals surface area contributed by atoms with Crippen LogP contribution in [0.2, 0.25) is 0 Å². The lowest BCUT2D eigenvalue weighted by Gasteiger charge is -2.33. The molecule has 2 fully saturated rings. The first-order valence-electron chi connectivity index (χ1n) is 10.9. The molecule has 6 nitrogen and oxygen atoms in total. The third kappa shape index (κ3) is 5.24. The summed E-state index contributed by atoms with van der Waals surface area (Å²) in [6.45, 7) is 5.33. The van der Waals surface area contributed by atoms with Gasteiger partial charge in [-0.1, -0.05) is 29.4 Å². The minimum atomic E-state index is 0.241. The first-order valence-corrected chi connectivity index (χ1v) is 10.9. The van der Waals surface area contributed by atoms with E-state index in [1.807, 2.05) is 17.0 Å². The van der Waals surface area contributed by atoms with Gasteiger partial charge in [-0.3, -0.25) is 4.79 Å². The Labute approximate surface area is 172 Å². The maximum Gasteiger partial charge on any atom is 0.229 e. The Hall–Kier alpha value is -2.21. The summed E-state index contributed by atoms with van der Waals surface area (Å²) in [7, 11) is 0. The fourth-order valence-electron chi connectivity index (χ4n) is 4.42. The largest absolute Gasteiger partial charge is 0.381 e. The number of piperidine rings is 1. The summed E-state index contributed by atoms with van der Waals surface area (Å²) in [6.07, 6.45) is 6.48. The van der Waals surface area contributed by atoms with Gasteiger partial charge in [-0.05, 0) is 56.1 Å². The molecule has 2 aliphatic rings. The number of rotatable bonds is 6. The predicted molar refractivity (Wildman–Crippen MR) is 110 cm³/mol. The van der Waals surface area contributed by atoms with E-state index in [4.69, 9.17) is 9.26 Å². The lowest BCUT2D eigenvalue weighted by molar-refractivity contribution is -0.132. The SMILES string of the molecule is Cc1ccccc1CC(=O)N1CCCC(CCc2noc(C3CCOCC3)n2)C1. The minimum absolute atomic E-state index is 0.241. The topological polar surface area (TPSA) is 68.5 Å². The molecule has 2 saturated heterocycles. The highest BCUT2D eigenvalue weighted by molar-refractivity contribution is 5.79. The summed E-state index contributed by atoms with van der Waals surface area (Å²) in [5, 5.41) is 4.19. The van der Waals surface area contributed by atoms with Gasteiger partial charge in [0, 0.05) is 38.6 Å². The highest BCUT2D eigenvalue weighted by atomic mass is 16.5. The van der Waals surface area contributed by atoms with Crippen molar-refractivity contribution >= 4 is 5.91 Å². The quantitative estimate of drug-likeness (QED) is 0.744. The van der Waals surface area contributed by atoms with E-state index in [2.05, 4.69) is 29.2 Å². The number of benzene rings is 1. The van der Waals surface area contributed by atoms with E-state index in [0.717, 1.165) is 75.7 Å². The fourth-order valence-corrected chi connectivity index (χ4v) is 4.42. The summed E-state index contributed by atoms with van der Waals surface area (Å²) in [4.78, 5) is 19.5. The second-order valence-corrected chi connectivity index (χ2v) is 8.43. The maximum atomic E-state index is 12.8. The van der Waals surface area contributed by atoms with Crippen LogP contribution in [0.25, 0.3) is 0 Å². The van der Waals surface area contributed by atoms with Crippen LogP contribution in [-0.4, -0.2) is 47.3 Å². The van der Waals surface area contributed by atoms with Crippen LogP contribution >= 0.6 is 0 Å². The molecular formula is C23H31N3O3. The van der Waals surface area contributed by atoms with Crippen LogP contribution in [0.4, 0.5) is 0 Å². The molecule has 0 aliphatic carbocycles. The maximum absolute atomic E-state index is 12.8. The molecule has 1 atom stereocenters. The van der Waals surface area contributed by atoms with Crippen molar-refractivity contribution in [2.75, 3.05) is 26.3 Å². The molecule has 0 bridgehead atoms. The number of carbonyl (C=O) groups is 1. The van der Waals surface area contributed by atoms with Crippen molar-refractivity contribution < 1.29 is 14.1 Å². The van der Waals surface area contributed by atoms with Gasteiger partial charge in [-0.25, -0.2) is 0 Å². The zero-order valence-corrected chi connectivity index (χ0v) is 17.3. The Morgan fingerprint density at radius 2 is 2.03 bits per heavy atom. The second kappa shape index (κ2) is 9.53. The van der Waals surface area contributed by atoms with Gasteiger partial charge in [0.25, 0.3) is 0 Å². The molecule has 2 aromatic rings. The molecule has 1 unspecified atom stereocenters. The highest BCUT2D eigenvalue weighted by Gasteiger charge is 2.25. The summed E-state index contributed by atoms with van der Waals surface area (Å²) >= 11 is 0. The summed E-state index contributed by atoms with van der Waals surface area (Å²) in [5.41, 5.74) is 2.32. The van der Waals surface area contributed by atoms with Gasteiger partial charge in [-0.2, -0.15) is 4.98 Å². The van der Waals surface area contributed by atoms with Crippen molar-refractivity contribution in [2.45, 2.75) is 57.8 Å². The van der Waals surface area contributed by atoms with E-state index < -0.39 is 0 Å². The first-order chi connectivity index (χ1) is 14.2. The van der Waals surface area contributed by atoms with E-state index in [0.29, 0.717) is 18.3 Å². The molecule has 4 rings (SSSR count). The summed E-state index contributed by atoms with van der Waals surface area (Å²) < 4.78 is 10.9. The van der Waals surface area contributed by atoms with Gasteiger partial charge in [-0.15, -0.1) is 0 Å². The summed E-state index contributed by atoms with van der Waals surface area (Å²) in [5.74, 6) is 2.66. The number of nitrogens with zero attached hydrogens (tertiary/aromatic N) is 3. The predicted octanol–water partition coefficient (Wildman–Crippen LogP) is 3.69. The second-order valence-electron chi connectivity index (χ2n) is 8.43. The Balaban J connectivity index is 1.27. The van der Waals surface area contributed by atoms with Gasteiger partial charge in [0.2, 0.25) is 11.8 Å². The van der Waals surface area contributed by atoms with Crippen molar-refractivity contribution in [2.24, 2.45) is 5.92 Å². The number of hydrogen-bond acceptors (Lipinski definition) is 5. The summed E-state index contributed by atoms with van der Waals surface area (Å²) in [6, 6.07) is 8.15. The molecule has 0 N–H and O–H groups in total. The lowest BCUT2D eigenvalue weighted by atomic mass is 9.92. The molecule has 2 aliphatic heterocycles. The number of carbonyl (C=O) groups excluding carboxylic acids is 1. The molecule has 0 saturated carbocycles. The van der Waals surface area contributed by atoms with Gasteiger partial charge < -0.3 is 14.2 Å². The van der Waals surface area contributed by atoms with Gasteiger partial charge in [0.05, 0.1) is 6.42 Å². The molecule has 156 valence electrons. The van der Waals surface area contributed by atoms with Crippen LogP contribution in [0.3, 0.4) is 0 Å². The third-order valence-corrected chi connectivity index (χ3v) is 6.31. The van der Waals surface area contributed by atoms with Crippen molar-refractivity contribution in [3.8, 4) is 0 Å². The smallest absolute Gasteiger partial charge is 0.229 e. The molecule has 1 aromatic carbocycles. The monoisotopic (exact) mass is 397 g/mol. The average molecular weight is 398 g/mol. The van der Waals surface area contributed by atoms with Crippen LogP contribution in [0.5, 0.6) is 0 Å². The van der Waals surface area contributed by atoms with Crippen LogP contribution in [0, 0.1) is 12.8 Å². The molecular weight excluding hydrogens is 366 g/mol. The lowest BCUT2D eigenvalue weighted by Crippen LogP contribution is -2.40. The first kappa shape index (κ1) is 20.1. The Kier molecular flexibility index (Phi) is 6.60. The van der Waals surface area contributed by atoms with Crippen molar-refractivity contribution in [1.29, 1.82) is 0 Å². The normalized spacial score (nSPS) is 20.7. The number of aromatic nitrogens is 2. The van der Waals surface area contributed by atoms with Crippen molar-refractivity contribution in [3.05, 3.63) is 47.1 Å². The number of amides is 1. The Morgan fingerprint density at radius 3 is 2.86 bits per heavy atom. The number of aryl methyl sites for hydroxylation is 2. The highest BCUT2D eigenvalue weighted by Crippen LogP contribution is 2.26. The fraction of sp³-hybridized carbons (Fsp3) is 0.609. The van der Waals surface area contributed by atoms with Crippen LogP contribution in [0.1, 0.15) is 60.9 Å². The van der Waals surface area contributed by atoms with Crippen LogP contribution < -0.4 is 0 Å². The number of hydrogen-bond donors (Lipinski definition) is 0. The molecule has 0 spiro atoms. The van der Waals surface area contributed by atoms with E-state index in [1.165, 1.54) is 12.0 Å². The molecule has 1 amide bonds. The molecule has 6 heteroatoms. The van der Waals surface area contributed by atoms with Gasteiger partial charge >= 0.3 is 0 Å². The molecule has 1 aromatic heterocycles. The van der Waals surface area contributed by atoms with E-state index >= 15 is 0 Å². The third-order valence-electron chi connectivity index (χ3n) is 6.31.